The molecule has 2 aliphatic rings. The third-order valence-corrected chi connectivity index (χ3v) is 6.61. The number of aromatic nitrogens is 1. The first kappa shape index (κ1) is 20.7. The van der Waals surface area contributed by atoms with E-state index in [9.17, 15) is 14.4 Å². The van der Waals surface area contributed by atoms with Crippen LogP contribution >= 0.6 is 34.5 Å². The zero-order chi connectivity index (χ0) is 22.6. The Labute approximate surface area is 195 Å². The number of carbonyl (C=O) groups is 3. The number of thiazole rings is 1. The van der Waals surface area contributed by atoms with Crippen LogP contribution in [-0.2, 0) is 4.79 Å². The van der Waals surface area contributed by atoms with Crippen LogP contribution in [0.4, 0.5) is 5.13 Å². The van der Waals surface area contributed by atoms with Crippen molar-refractivity contribution in [1.82, 2.24) is 9.88 Å². The molecule has 1 aromatic heterocycles. The van der Waals surface area contributed by atoms with Crippen molar-refractivity contribution in [3.63, 3.8) is 0 Å². The van der Waals surface area contributed by atoms with Crippen LogP contribution in [-0.4, -0.2) is 40.4 Å². The highest BCUT2D eigenvalue weighted by atomic mass is 35.5. The van der Waals surface area contributed by atoms with Crippen molar-refractivity contribution in [2.75, 3.05) is 12.1 Å². The minimum Gasteiger partial charge on any atom is -0.454 e. The van der Waals surface area contributed by atoms with Crippen LogP contribution < -0.4 is 14.8 Å². The van der Waals surface area contributed by atoms with Crippen molar-refractivity contribution < 1.29 is 23.9 Å². The second-order valence-electron chi connectivity index (χ2n) is 7.06. The minimum absolute atomic E-state index is 0.114. The van der Waals surface area contributed by atoms with Crippen LogP contribution in [0.5, 0.6) is 11.5 Å². The van der Waals surface area contributed by atoms with Crippen LogP contribution in [0.1, 0.15) is 27.6 Å². The maximum absolute atomic E-state index is 12.8. The average molecular weight is 490 g/mol. The largest absolute Gasteiger partial charge is 0.454 e. The lowest BCUT2D eigenvalue weighted by Crippen LogP contribution is -2.45. The maximum atomic E-state index is 12.8. The Morgan fingerprint density at radius 1 is 1.09 bits per heavy atom. The summed E-state index contributed by atoms with van der Waals surface area (Å²) >= 11 is 13.2. The number of fused-ring (bicyclic) bond motifs is 2. The van der Waals surface area contributed by atoms with E-state index in [1.54, 1.807) is 17.5 Å². The van der Waals surface area contributed by atoms with E-state index in [1.807, 2.05) is 6.07 Å². The Morgan fingerprint density at radius 2 is 1.75 bits per heavy atom. The fourth-order valence-corrected chi connectivity index (χ4v) is 4.50. The zero-order valence-electron chi connectivity index (χ0n) is 16.3. The number of hydrogen-bond acceptors (Lipinski definition) is 7. The maximum Gasteiger partial charge on any atom is 0.262 e. The van der Waals surface area contributed by atoms with Gasteiger partial charge in [-0.05, 0) is 37.3 Å². The molecular weight excluding hydrogens is 477 g/mol. The van der Waals surface area contributed by atoms with Gasteiger partial charge in [-0.15, -0.1) is 11.3 Å². The van der Waals surface area contributed by atoms with Gasteiger partial charge in [-0.25, -0.2) is 4.98 Å². The van der Waals surface area contributed by atoms with Gasteiger partial charge in [-0.1, -0.05) is 23.2 Å². The molecular formula is C21H13Cl2N3O5S. The van der Waals surface area contributed by atoms with E-state index in [0.717, 1.165) is 10.5 Å². The number of rotatable bonds is 4. The second kappa shape index (κ2) is 7.77. The summed E-state index contributed by atoms with van der Waals surface area (Å²) in [5.74, 6) is -0.475. The standard InChI is InChI=1S/C21H13Cl2N3O5S/c1-9(26-19(28)11-5-13(22)14(23)6-12(11)20(26)29)18(27)25-21-24-15(7-32-21)10-2-3-16-17(4-10)31-8-30-16/h2-7,9H,8H2,1H3,(H,24,25,27). The molecule has 3 amide bonds. The Balaban J connectivity index is 1.33. The second-order valence-corrected chi connectivity index (χ2v) is 8.74. The van der Waals surface area contributed by atoms with Gasteiger partial charge >= 0.3 is 0 Å². The summed E-state index contributed by atoms with van der Waals surface area (Å²) in [5.41, 5.74) is 1.67. The quantitative estimate of drug-likeness (QED) is 0.542. The predicted molar refractivity (Wildman–Crippen MR) is 119 cm³/mol. The van der Waals surface area contributed by atoms with Crippen molar-refractivity contribution in [3.8, 4) is 22.8 Å². The molecule has 0 aliphatic carbocycles. The number of carbonyl (C=O) groups excluding carboxylic acids is 3. The van der Waals surface area contributed by atoms with Gasteiger partial charge in [-0.2, -0.15) is 0 Å². The normalized spacial score (nSPS) is 15.2. The van der Waals surface area contributed by atoms with E-state index in [-0.39, 0.29) is 28.0 Å². The summed E-state index contributed by atoms with van der Waals surface area (Å²) in [5, 5.41) is 5.09. The van der Waals surface area contributed by atoms with Gasteiger partial charge in [-0.3, -0.25) is 19.3 Å². The molecule has 0 radical (unpaired) electrons. The Morgan fingerprint density at radius 3 is 2.44 bits per heavy atom. The van der Waals surface area contributed by atoms with E-state index >= 15 is 0 Å². The molecule has 1 N–H and O–H groups in total. The SMILES string of the molecule is CC(C(=O)Nc1nc(-c2ccc3c(c2)OCO3)cs1)N1C(=O)c2cc(Cl)c(Cl)cc2C1=O. The molecule has 1 unspecified atom stereocenters. The van der Waals surface area contributed by atoms with Crippen molar-refractivity contribution in [1.29, 1.82) is 0 Å². The molecule has 3 aromatic rings. The summed E-state index contributed by atoms with van der Waals surface area (Å²) in [6.45, 7) is 1.64. The average Bonchev–Trinajstić information content (AvgIpc) is 3.48. The van der Waals surface area contributed by atoms with Gasteiger partial charge < -0.3 is 14.8 Å². The van der Waals surface area contributed by atoms with Gasteiger partial charge in [0.05, 0.1) is 26.9 Å². The zero-order valence-corrected chi connectivity index (χ0v) is 18.7. The molecule has 162 valence electrons. The highest BCUT2D eigenvalue weighted by Gasteiger charge is 2.41. The Bertz CT molecular complexity index is 1270. The summed E-state index contributed by atoms with van der Waals surface area (Å²) < 4.78 is 10.7. The third-order valence-electron chi connectivity index (χ3n) is 5.13. The number of nitrogens with zero attached hydrogens (tertiary/aromatic N) is 2. The number of benzene rings is 2. The molecule has 0 saturated carbocycles. The van der Waals surface area contributed by atoms with Crippen molar-refractivity contribution in [2.24, 2.45) is 0 Å². The topological polar surface area (TPSA) is 97.8 Å². The molecule has 5 rings (SSSR count). The highest BCUT2D eigenvalue weighted by Crippen LogP contribution is 2.37. The molecule has 2 aromatic carbocycles. The predicted octanol–water partition coefficient (Wildman–Crippen LogP) is 4.47. The molecule has 32 heavy (non-hydrogen) atoms. The smallest absolute Gasteiger partial charge is 0.262 e. The number of amides is 3. The van der Waals surface area contributed by atoms with Gasteiger partial charge in [0.1, 0.15) is 6.04 Å². The van der Waals surface area contributed by atoms with E-state index in [1.165, 1.54) is 30.4 Å². The molecule has 0 bridgehead atoms. The van der Waals surface area contributed by atoms with Crippen LogP contribution in [0.3, 0.4) is 0 Å². The first-order chi connectivity index (χ1) is 15.3. The number of halogens is 2. The lowest BCUT2D eigenvalue weighted by molar-refractivity contribution is -0.119. The first-order valence-electron chi connectivity index (χ1n) is 9.37. The lowest BCUT2D eigenvalue weighted by Gasteiger charge is -2.21. The number of hydrogen-bond donors (Lipinski definition) is 1. The molecule has 8 nitrogen and oxygen atoms in total. The van der Waals surface area contributed by atoms with Gasteiger partial charge in [0, 0.05) is 10.9 Å². The molecule has 0 fully saturated rings. The molecule has 2 aliphatic heterocycles. The van der Waals surface area contributed by atoms with Gasteiger partial charge in [0.15, 0.2) is 16.6 Å². The van der Waals surface area contributed by atoms with Crippen LogP contribution in [0.2, 0.25) is 10.0 Å². The number of nitrogens with one attached hydrogen (secondary N) is 1. The molecule has 3 heterocycles. The molecule has 1 atom stereocenters. The molecule has 11 heteroatoms. The summed E-state index contributed by atoms with van der Waals surface area (Å²) in [6, 6.07) is 7.04. The summed E-state index contributed by atoms with van der Waals surface area (Å²) in [7, 11) is 0. The van der Waals surface area contributed by atoms with Crippen LogP contribution in [0, 0.1) is 0 Å². The Kier molecular flexibility index (Phi) is 5.04. The van der Waals surface area contributed by atoms with Crippen molar-refractivity contribution >= 4 is 57.4 Å². The highest BCUT2D eigenvalue weighted by molar-refractivity contribution is 7.14. The minimum atomic E-state index is -1.07. The van der Waals surface area contributed by atoms with Crippen LogP contribution in [0.25, 0.3) is 11.3 Å². The first-order valence-corrected chi connectivity index (χ1v) is 11.0. The van der Waals surface area contributed by atoms with Crippen LogP contribution in [0.15, 0.2) is 35.7 Å². The van der Waals surface area contributed by atoms with Gasteiger partial charge in [0.2, 0.25) is 12.7 Å². The van der Waals surface area contributed by atoms with Crippen molar-refractivity contribution in [3.05, 3.63) is 56.9 Å². The fraction of sp³-hybridized carbons (Fsp3) is 0.143. The fourth-order valence-electron chi connectivity index (χ4n) is 3.45. The summed E-state index contributed by atoms with van der Waals surface area (Å²) in [6.07, 6.45) is 0. The van der Waals surface area contributed by atoms with E-state index < -0.39 is 23.8 Å². The monoisotopic (exact) mass is 489 g/mol. The van der Waals surface area contributed by atoms with E-state index in [0.29, 0.717) is 22.3 Å². The van der Waals surface area contributed by atoms with Gasteiger partial charge in [0.25, 0.3) is 11.8 Å². The Hall–Kier alpha value is -3.14. The molecule has 0 saturated heterocycles. The van der Waals surface area contributed by atoms with E-state index in [4.69, 9.17) is 32.7 Å². The number of imide groups is 1. The van der Waals surface area contributed by atoms with Crippen molar-refractivity contribution in [2.45, 2.75) is 13.0 Å². The number of anilines is 1. The molecule has 0 spiro atoms. The third kappa shape index (κ3) is 3.38. The lowest BCUT2D eigenvalue weighted by atomic mass is 10.1. The number of ether oxygens (including phenoxy) is 2. The van der Waals surface area contributed by atoms with E-state index in [2.05, 4.69) is 10.3 Å². The summed E-state index contributed by atoms with van der Waals surface area (Å²) in [4.78, 5) is 43.6.